The largest absolute Gasteiger partial charge is 0.365 e. The Kier molecular flexibility index (Phi) is 3.76. The molecule has 1 aromatic rings. The number of nitro groups is 1. The summed E-state index contributed by atoms with van der Waals surface area (Å²) in [5.41, 5.74) is 5.88. The molecule has 0 amide bonds. The molecule has 0 aliphatic carbocycles. The van der Waals surface area contributed by atoms with E-state index < -0.39 is 10.7 Å². The molecule has 5 nitrogen and oxygen atoms in total. The number of nitrogens with two attached hydrogens (primary N) is 1. The molecular formula is C12H16FN3O2. The van der Waals surface area contributed by atoms with Crippen LogP contribution in [-0.4, -0.2) is 24.1 Å². The monoisotopic (exact) mass is 253 g/mol. The van der Waals surface area contributed by atoms with Gasteiger partial charge in [-0.25, -0.2) is 4.39 Å². The Morgan fingerprint density at radius 2 is 2.28 bits per heavy atom. The zero-order chi connectivity index (χ0) is 13.1. The van der Waals surface area contributed by atoms with E-state index in [2.05, 4.69) is 0 Å². The summed E-state index contributed by atoms with van der Waals surface area (Å²) in [5.74, 6) is -0.551. The van der Waals surface area contributed by atoms with Crippen molar-refractivity contribution in [1.82, 2.24) is 0 Å². The third-order valence-corrected chi connectivity index (χ3v) is 3.35. The highest BCUT2D eigenvalue weighted by atomic mass is 19.1. The summed E-state index contributed by atoms with van der Waals surface area (Å²) in [6.45, 7) is 1.22. The molecule has 2 rings (SSSR count). The van der Waals surface area contributed by atoms with Gasteiger partial charge in [-0.15, -0.1) is 0 Å². The summed E-state index contributed by atoms with van der Waals surface area (Å²) in [6, 6.07) is 3.90. The maximum atomic E-state index is 13.9. The molecule has 0 spiro atoms. The van der Waals surface area contributed by atoms with Gasteiger partial charge in [-0.3, -0.25) is 10.1 Å². The molecular weight excluding hydrogens is 237 g/mol. The van der Waals surface area contributed by atoms with E-state index in [0.717, 1.165) is 31.9 Å². The lowest BCUT2D eigenvalue weighted by Crippen LogP contribution is -2.44. The molecule has 0 radical (unpaired) electrons. The average molecular weight is 253 g/mol. The fourth-order valence-electron chi connectivity index (χ4n) is 2.41. The fraction of sp³-hybridized carbons (Fsp3) is 0.500. The first-order valence-corrected chi connectivity index (χ1v) is 6.04. The van der Waals surface area contributed by atoms with Crippen LogP contribution < -0.4 is 10.6 Å². The molecule has 1 saturated heterocycles. The van der Waals surface area contributed by atoms with E-state index in [-0.39, 0.29) is 11.7 Å². The van der Waals surface area contributed by atoms with Crippen LogP contribution in [0.5, 0.6) is 0 Å². The highest BCUT2D eigenvalue weighted by Gasteiger charge is 2.24. The standard InChI is InChI=1S/C12H16FN3O2/c13-11-7-9(16(17)18)4-5-12(11)15-6-2-1-3-10(15)8-14/h4-5,7,10H,1-3,6,8,14H2. The van der Waals surface area contributed by atoms with Crippen LogP contribution in [0, 0.1) is 15.9 Å². The Bertz CT molecular complexity index is 453. The molecule has 1 aromatic carbocycles. The predicted molar refractivity (Wildman–Crippen MR) is 67.1 cm³/mol. The van der Waals surface area contributed by atoms with Crippen molar-refractivity contribution in [3.05, 3.63) is 34.1 Å². The van der Waals surface area contributed by atoms with Gasteiger partial charge >= 0.3 is 0 Å². The van der Waals surface area contributed by atoms with Gasteiger partial charge in [0.15, 0.2) is 5.82 Å². The highest BCUT2D eigenvalue weighted by molar-refractivity contribution is 5.53. The van der Waals surface area contributed by atoms with E-state index in [1.54, 1.807) is 0 Å². The summed E-state index contributed by atoms with van der Waals surface area (Å²) in [6.07, 6.45) is 3.02. The summed E-state index contributed by atoms with van der Waals surface area (Å²) >= 11 is 0. The highest BCUT2D eigenvalue weighted by Crippen LogP contribution is 2.29. The normalized spacial score (nSPS) is 19.9. The van der Waals surface area contributed by atoms with Crippen molar-refractivity contribution >= 4 is 11.4 Å². The average Bonchev–Trinajstić information content (AvgIpc) is 2.38. The predicted octanol–water partition coefficient (Wildman–Crippen LogP) is 2.05. The van der Waals surface area contributed by atoms with Crippen molar-refractivity contribution in [2.45, 2.75) is 25.3 Å². The van der Waals surface area contributed by atoms with Crippen molar-refractivity contribution < 1.29 is 9.31 Å². The molecule has 18 heavy (non-hydrogen) atoms. The van der Waals surface area contributed by atoms with Crippen molar-refractivity contribution in [3.8, 4) is 0 Å². The first-order chi connectivity index (χ1) is 8.63. The number of non-ortho nitro benzene ring substituents is 1. The van der Waals surface area contributed by atoms with E-state index in [1.165, 1.54) is 12.1 Å². The molecule has 6 heteroatoms. The number of hydrogen-bond acceptors (Lipinski definition) is 4. The minimum absolute atomic E-state index is 0.120. The van der Waals surface area contributed by atoms with Crippen LogP contribution in [0.4, 0.5) is 15.8 Å². The first kappa shape index (κ1) is 12.8. The molecule has 0 aromatic heterocycles. The molecule has 1 fully saturated rings. The molecule has 98 valence electrons. The lowest BCUT2D eigenvalue weighted by Gasteiger charge is -2.37. The topological polar surface area (TPSA) is 72.4 Å². The minimum Gasteiger partial charge on any atom is -0.365 e. The molecule has 1 aliphatic rings. The van der Waals surface area contributed by atoms with Crippen LogP contribution in [-0.2, 0) is 0 Å². The van der Waals surface area contributed by atoms with Gasteiger partial charge in [-0.05, 0) is 25.3 Å². The number of halogens is 1. The van der Waals surface area contributed by atoms with Gasteiger partial charge in [0.05, 0.1) is 16.7 Å². The van der Waals surface area contributed by atoms with Crippen molar-refractivity contribution in [2.24, 2.45) is 5.73 Å². The summed E-state index contributed by atoms with van der Waals surface area (Å²) in [4.78, 5) is 11.9. The van der Waals surface area contributed by atoms with Gasteiger partial charge in [-0.2, -0.15) is 0 Å². The molecule has 1 atom stereocenters. The van der Waals surface area contributed by atoms with Gasteiger partial charge < -0.3 is 10.6 Å². The summed E-state index contributed by atoms with van der Waals surface area (Å²) in [5, 5.41) is 10.6. The van der Waals surface area contributed by atoms with Crippen molar-refractivity contribution in [2.75, 3.05) is 18.0 Å². The quantitative estimate of drug-likeness (QED) is 0.661. The number of nitro benzene ring substituents is 1. The zero-order valence-corrected chi connectivity index (χ0v) is 10.0. The maximum Gasteiger partial charge on any atom is 0.272 e. The Morgan fingerprint density at radius 1 is 1.50 bits per heavy atom. The van der Waals surface area contributed by atoms with Crippen molar-refractivity contribution in [1.29, 1.82) is 0 Å². The second-order valence-electron chi connectivity index (χ2n) is 4.47. The summed E-state index contributed by atoms with van der Waals surface area (Å²) in [7, 11) is 0. The van der Waals surface area contributed by atoms with Gasteiger partial charge in [0.1, 0.15) is 0 Å². The lowest BCUT2D eigenvalue weighted by molar-refractivity contribution is -0.385. The molecule has 1 unspecified atom stereocenters. The molecule has 0 bridgehead atoms. The van der Waals surface area contributed by atoms with Crippen LogP contribution >= 0.6 is 0 Å². The van der Waals surface area contributed by atoms with Crippen LogP contribution in [0.25, 0.3) is 0 Å². The third-order valence-electron chi connectivity index (χ3n) is 3.35. The van der Waals surface area contributed by atoms with Gasteiger partial charge in [0, 0.05) is 25.2 Å². The molecule has 0 saturated carbocycles. The minimum atomic E-state index is -0.594. The fourth-order valence-corrected chi connectivity index (χ4v) is 2.41. The maximum absolute atomic E-state index is 13.9. The van der Waals surface area contributed by atoms with Crippen LogP contribution in [0.15, 0.2) is 18.2 Å². The second kappa shape index (κ2) is 5.30. The summed E-state index contributed by atoms with van der Waals surface area (Å²) < 4.78 is 13.9. The van der Waals surface area contributed by atoms with Crippen LogP contribution in [0.2, 0.25) is 0 Å². The van der Waals surface area contributed by atoms with E-state index in [9.17, 15) is 14.5 Å². The number of rotatable bonds is 3. The Labute approximate surface area is 105 Å². The lowest BCUT2D eigenvalue weighted by atomic mass is 10.0. The smallest absolute Gasteiger partial charge is 0.272 e. The Morgan fingerprint density at radius 3 is 2.89 bits per heavy atom. The number of benzene rings is 1. The number of piperidine rings is 1. The van der Waals surface area contributed by atoms with Gasteiger partial charge in [-0.1, -0.05) is 0 Å². The van der Waals surface area contributed by atoms with Crippen LogP contribution in [0.1, 0.15) is 19.3 Å². The van der Waals surface area contributed by atoms with E-state index >= 15 is 0 Å². The third kappa shape index (κ3) is 2.43. The zero-order valence-electron chi connectivity index (χ0n) is 10.0. The van der Waals surface area contributed by atoms with Crippen molar-refractivity contribution in [3.63, 3.8) is 0 Å². The van der Waals surface area contributed by atoms with E-state index in [1.807, 2.05) is 4.90 Å². The number of hydrogen-bond donors (Lipinski definition) is 1. The number of nitrogens with zero attached hydrogens (tertiary/aromatic N) is 2. The molecule has 2 N–H and O–H groups in total. The van der Waals surface area contributed by atoms with Gasteiger partial charge in [0.25, 0.3) is 5.69 Å². The SMILES string of the molecule is NCC1CCCCN1c1ccc([N+](=O)[O-])cc1F. The second-order valence-corrected chi connectivity index (χ2v) is 4.47. The van der Waals surface area contributed by atoms with E-state index in [4.69, 9.17) is 5.73 Å². The molecule has 1 heterocycles. The Balaban J connectivity index is 2.29. The Hall–Kier alpha value is -1.69. The molecule has 1 aliphatic heterocycles. The van der Waals surface area contributed by atoms with E-state index in [0.29, 0.717) is 12.2 Å². The van der Waals surface area contributed by atoms with Gasteiger partial charge in [0.2, 0.25) is 0 Å². The van der Waals surface area contributed by atoms with Crippen LogP contribution in [0.3, 0.4) is 0 Å². The number of anilines is 1. The first-order valence-electron chi connectivity index (χ1n) is 6.04.